The molecule has 1 aromatic heterocycles. The summed E-state index contributed by atoms with van der Waals surface area (Å²) in [5.41, 5.74) is 3.77. The highest BCUT2D eigenvalue weighted by molar-refractivity contribution is 7.09. The standard InChI is InChI=1S/C22H25N3O3S/c1-22(2,3)18-11-16(7-10-20(18)26)19-14-29-21(23-19)13-24(4)12-15-5-8-17(9-6-15)25(27)28/h5-11,14,26H,12-13H2,1-4H3. The molecule has 0 bridgehead atoms. The number of hydrogen-bond donors (Lipinski definition) is 1. The van der Waals surface area contributed by atoms with E-state index in [9.17, 15) is 15.2 Å². The molecule has 152 valence electrons. The van der Waals surface area contributed by atoms with Crippen molar-refractivity contribution in [3.63, 3.8) is 0 Å². The summed E-state index contributed by atoms with van der Waals surface area (Å²) in [7, 11) is 2.00. The lowest BCUT2D eigenvalue weighted by atomic mass is 9.85. The number of rotatable bonds is 6. The molecule has 29 heavy (non-hydrogen) atoms. The minimum atomic E-state index is -0.390. The van der Waals surface area contributed by atoms with Gasteiger partial charge in [-0.25, -0.2) is 4.98 Å². The highest BCUT2D eigenvalue weighted by atomic mass is 32.1. The number of benzene rings is 2. The van der Waals surface area contributed by atoms with Crippen LogP contribution >= 0.6 is 11.3 Å². The molecule has 3 aromatic rings. The Kier molecular flexibility index (Phi) is 6.00. The molecule has 0 fully saturated rings. The van der Waals surface area contributed by atoms with Crippen LogP contribution in [0.4, 0.5) is 5.69 Å². The Balaban J connectivity index is 1.69. The average molecular weight is 412 g/mol. The van der Waals surface area contributed by atoms with E-state index in [-0.39, 0.29) is 16.0 Å². The fourth-order valence-corrected chi connectivity index (χ4v) is 4.02. The molecule has 0 unspecified atom stereocenters. The van der Waals surface area contributed by atoms with Gasteiger partial charge in [0.15, 0.2) is 0 Å². The summed E-state index contributed by atoms with van der Waals surface area (Å²) in [5, 5.41) is 24.0. The number of phenols is 1. The lowest BCUT2D eigenvalue weighted by Gasteiger charge is -2.21. The largest absolute Gasteiger partial charge is 0.508 e. The molecule has 1 heterocycles. The second-order valence-corrected chi connectivity index (χ2v) is 9.15. The van der Waals surface area contributed by atoms with Gasteiger partial charge in [-0.15, -0.1) is 11.3 Å². The van der Waals surface area contributed by atoms with Gasteiger partial charge >= 0.3 is 0 Å². The van der Waals surface area contributed by atoms with E-state index in [1.807, 2.05) is 24.6 Å². The molecule has 3 rings (SSSR count). The second kappa shape index (κ2) is 8.31. The quantitative estimate of drug-likeness (QED) is 0.437. The van der Waals surface area contributed by atoms with Crippen LogP contribution in [0.1, 0.15) is 36.9 Å². The molecule has 0 atom stereocenters. The Bertz CT molecular complexity index is 1010. The normalized spacial score (nSPS) is 11.8. The van der Waals surface area contributed by atoms with Gasteiger partial charge in [0.1, 0.15) is 10.8 Å². The van der Waals surface area contributed by atoms with E-state index in [1.165, 1.54) is 12.1 Å². The predicted octanol–water partition coefficient (Wildman–Crippen LogP) is 5.35. The van der Waals surface area contributed by atoms with Crippen molar-refractivity contribution in [2.75, 3.05) is 7.05 Å². The van der Waals surface area contributed by atoms with Crippen molar-refractivity contribution < 1.29 is 10.0 Å². The molecule has 0 amide bonds. The van der Waals surface area contributed by atoms with E-state index in [0.29, 0.717) is 18.8 Å². The maximum absolute atomic E-state index is 10.8. The minimum Gasteiger partial charge on any atom is -0.508 e. The summed E-state index contributed by atoms with van der Waals surface area (Å²) in [6.07, 6.45) is 0. The molecule has 0 spiro atoms. The SMILES string of the molecule is CN(Cc1ccc([N+](=O)[O-])cc1)Cc1nc(-c2ccc(O)c(C(C)(C)C)c2)cs1. The maximum Gasteiger partial charge on any atom is 0.269 e. The summed E-state index contributed by atoms with van der Waals surface area (Å²) >= 11 is 1.60. The molecule has 2 aromatic carbocycles. The summed E-state index contributed by atoms with van der Waals surface area (Å²) in [6, 6.07) is 12.3. The van der Waals surface area contributed by atoms with Crippen LogP contribution in [0.15, 0.2) is 47.8 Å². The Morgan fingerprint density at radius 1 is 1.14 bits per heavy atom. The van der Waals surface area contributed by atoms with Gasteiger partial charge in [-0.3, -0.25) is 15.0 Å². The number of non-ortho nitro benzene ring substituents is 1. The van der Waals surface area contributed by atoms with Crippen LogP contribution < -0.4 is 0 Å². The average Bonchev–Trinajstić information content (AvgIpc) is 3.09. The smallest absolute Gasteiger partial charge is 0.269 e. The fraction of sp³-hybridized carbons (Fsp3) is 0.318. The molecule has 0 radical (unpaired) electrons. The van der Waals surface area contributed by atoms with Gasteiger partial charge in [0.2, 0.25) is 0 Å². The monoisotopic (exact) mass is 411 g/mol. The Morgan fingerprint density at radius 2 is 1.83 bits per heavy atom. The molecule has 1 N–H and O–H groups in total. The topological polar surface area (TPSA) is 79.5 Å². The molecule has 0 aliphatic heterocycles. The third-order valence-electron chi connectivity index (χ3n) is 4.66. The molecule has 0 aliphatic carbocycles. The van der Waals surface area contributed by atoms with Crippen molar-refractivity contribution in [3.8, 4) is 17.0 Å². The van der Waals surface area contributed by atoms with Crippen LogP contribution in [-0.4, -0.2) is 27.0 Å². The van der Waals surface area contributed by atoms with E-state index in [1.54, 1.807) is 29.5 Å². The summed E-state index contributed by atoms with van der Waals surface area (Å²) in [5.74, 6) is 0.305. The minimum absolute atomic E-state index is 0.101. The first-order chi connectivity index (χ1) is 13.6. The highest BCUT2D eigenvalue weighted by Gasteiger charge is 2.19. The number of nitro benzene ring substituents is 1. The Hall–Kier alpha value is -2.77. The van der Waals surface area contributed by atoms with E-state index < -0.39 is 0 Å². The van der Waals surface area contributed by atoms with Crippen LogP contribution in [0.2, 0.25) is 0 Å². The van der Waals surface area contributed by atoms with Gasteiger partial charge in [-0.2, -0.15) is 0 Å². The molecule has 7 heteroatoms. The highest BCUT2D eigenvalue weighted by Crippen LogP contribution is 2.34. The van der Waals surface area contributed by atoms with Gasteiger partial charge in [-0.1, -0.05) is 32.9 Å². The second-order valence-electron chi connectivity index (χ2n) is 8.20. The number of hydrogen-bond acceptors (Lipinski definition) is 6. The zero-order chi connectivity index (χ0) is 21.2. The molecule has 6 nitrogen and oxygen atoms in total. The third-order valence-corrected chi connectivity index (χ3v) is 5.49. The van der Waals surface area contributed by atoms with E-state index in [2.05, 4.69) is 25.7 Å². The number of nitro groups is 1. The predicted molar refractivity (Wildman–Crippen MR) is 116 cm³/mol. The van der Waals surface area contributed by atoms with Crippen LogP contribution in [0.5, 0.6) is 5.75 Å². The zero-order valence-corrected chi connectivity index (χ0v) is 17.9. The van der Waals surface area contributed by atoms with Gasteiger partial charge in [0, 0.05) is 29.6 Å². The first-order valence-corrected chi connectivity index (χ1v) is 10.2. The maximum atomic E-state index is 10.8. The van der Waals surface area contributed by atoms with Crippen LogP contribution in [0.25, 0.3) is 11.3 Å². The van der Waals surface area contributed by atoms with Crippen molar-refractivity contribution in [2.24, 2.45) is 0 Å². The number of thiazole rings is 1. The van der Waals surface area contributed by atoms with Gasteiger partial charge in [-0.05, 0) is 41.8 Å². The Morgan fingerprint density at radius 3 is 2.45 bits per heavy atom. The van der Waals surface area contributed by atoms with Crippen LogP contribution in [-0.2, 0) is 18.5 Å². The van der Waals surface area contributed by atoms with Gasteiger partial charge in [0.25, 0.3) is 5.69 Å². The number of phenolic OH excluding ortho intramolecular Hbond substituents is 1. The molecule has 0 saturated carbocycles. The van der Waals surface area contributed by atoms with E-state index in [0.717, 1.165) is 27.4 Å². The third kappa shape index (κ3) is 5.19. The summed E-state index contributed by atoms with van der Waals surface area (Å²) < 4.78 is 0. The van der Waals surface area contributed by atoms with Gasteiger partial charge in [0.05, 0.1) is 17.2 Å². The van der Waals surface area contributed by atoms with Crippen molar-refractivity contribution >= 4 is 17.0 Å². The van der Waals surface area contributed by atoms with Crippen LogP contribution in [0, 0.1) is 10.1 Å². The molecule has 0 aliphatic rings. The number of aromatic hydroxyl groups is 1. The first-order valence-electron chi connectivity index (χ1n) is 9.33. The Labute approximate surface area is 174 Å². The first kappa shape index (κ1) is 21.0. The van der Waals surface area contributed by atoms with Crippen LogP contribution in [0.3, 0.4) is 0 Å². The number of aromatic nitrogens is 1. The summed E-state index contributed by atoms with van der Waals surface area (Å²) in [6.45, 7) is 7.59. The van der Waals surface area contributed by atoms with E-state index in [4.69, 9.17) is 4.98 Å². The van der Waals surface area contributed by atoms with Gasteiger partial charge < -0.3 is 5.11 Å². The lowest BCUT2D eigenvalue weighted by Crippen LogP contribution is -2.17. The van der Waals surface area contributed by atoms with Crippen molar-refractivity contribution in [1.29, 1.82) is 0 Å². The van der Waals surface area contributed by atoms with Crippen molar-refractivity contribution in [1.82, 2.24) is 9.88 Å². The lowest BCUT2D eigenvalue weighted by molar-refractivity contribution is -0.384. The van der Waals surface area contributed by atoms with E-state index >= 15 is 0 Å². The van der Waals surface area contributed by atoms with Crippen molar-refractivity contribution in [3.05, 3.63) is 74.1 Å². The molecular weight excluding hydrogens is 386 g/mol. The summed E-state index contributed by atoms with van der Waals surface area (Å²) in [4.78, 5) is 17.3. The molecule has 0 saturated heterocycles. The molecular formula is C22H25N3O3S. The zero-order valence-electron chi connectivity index (χ0n) is 17.0. The number of nitrogens with zero attached hydrogens (tertiary/aromatic N) is 3. The fourth-order valence-electron chi connectivity index (χ4n) is 3.13. The van der Waals surface area contributed by atoms with Crippen molar-refractivity contribution in [2.45, 2.75) is 39.3 Å².